The van der Waals surface area contributed by atoms with Crippen molar-refractivity contribution < 1.29 is 18.7 Å². The second kappa shape index (κ2) is 5.36. The summed E-state index contributed by atoms with van der Waals surface area (Å²) in [7, 11) is 3.00. The van der Waals surface area contributed by atoms with E-state index in [0.717, 1.165) is 16.8 Å². The number of aromatic nitrogens is 1. The third-order valence-electron chi connectivity index (χ3n) is 3.39. The van der Waals surface area contributed by atoms with Gasteiger partial charge in [-0.25, -0.2) is 4.79 Å². The fraction of sp³-hybridized carbons (Fsp3) is 0.188. The summed E-state index contributed by atoms with van der Waals surface area (Å²) < 4.78 is 17.3. The van der Waals surface area contributed by atoms with E-state index in [-0.39, 0.29) is 5.97 Å². The Morgan fingerprint density at radius 1 is 1.24 bits per heavy atom. The molecule has 2 heterocycles. The highest BCUT2D eigenvalue weighted by Crippen LogP contribution is 2.24. The number of carbonyl (C=O) groups excluding carboxylic acids is 1. The van der Waals surface area contributed by atoms with E-state index in [9.17, 15) is 4.79 Å². The third kappa shape index (κ3) is 2.38. The smallest absolute Gasteiger partial charge is 0.354 e. The number of nitrogens with zero attached hydrogens (tertiary/aromatic N) is 1. The quantitative estimate of drug-likeness (QED) is 0.691. The lowest BCUT2D eigenvalue weighted by Crippen LogP contribution is -2.11. The second-order valence-electron chi connectivity index (χ2n) is 4.63. The second-order valence-corrected chi connectivity index (χ2v) is 4.63. The molecule has 108 valence electrons. The molecule has 0 atom stereocenters. The van der Waals surface area contributed by atoms with E-state index in [4.69, 9.17) is 13.9 Å². The minimum Gasteiger partial charge on any atom is -0.497 e. The molecule has 0 unspecified atom stereocenters. The molecule has 5 heteroatoms. The predicted molar refractivity (Wildman–Crippen MR) is 77.6 cm³/mol. The van der Waals surface area contributed by atoms with Crippen molar-refractivity contribution in [3.63, 3.8) is 0 Å². The maximum atomic E-state index is 11.9. The van der Waals surface area contributed by atoms with Gasteiger partial charge >= 0.3 is 5.97 Å². The van der Waals surface area contributed by atoms with Crippen molar-refractivity contribution in [2.75, 3.05) is 14.2 Å². The Hall–Kier alpha value is -2.69. The number of methoxy groups -OCH3 is 2. The van der Waals surface area contributed by atoms with Crippen LogP contribution >= 0.6 is 0 Å². The van der Waals surface area contributed by atoms with Crippen LogP contribution < -0.4 is 4.74 Å². The summed E-state index contributed by atoms with van der Waals surface area (Å²) in [6.45, 7) is 0.532. The van der Waals surface area contributed by atoms with Crippen molar-refractivity contribution in [3.05, 3.63) is 53.9 Å². The number of hydrogen-bond donors (Lipinski definition) is 0. The SMILES string of the molecule is COC(=O)c1cc2occc2n1Cc1cccc(OC)c1. The largest absolute Gasteiger partial charge is 0.497 e. The summed E-state index contributed by atoms with van der Waals surface area (Å²) in [4.78, 5) is 11.9. The number of benzene rings is 1. The van der Waals surface area contributed by atoms with E-state index in [0.29, 0.717) is 17.8 Å². The molecule has 0 radical (unpaired) electrons. The Labute approximate surface area is 121 Å². The van der Waals surface area contributed by atoms with Crippen molar-refractivity contribution in [2.24, 2.45) is 0 Å². The Kier molecular flexibility index (Phi) is 3.39. The summed E-state index contributed by atoms with van der Waals surface area (Å²) in [5.74, 6) is 0.395. The topological polar surface area (TPSA) is 53.6 Å². The van der Waals surface area contributed by atoms with E-state index >= 15 is 0 Å². The Balaban J connectivity index is 2.05. The molecule has 0 aliphatic rings. The summed E-state index contributed by atoms with van der Waals surface area (Å²) in [5, 5.41) is 0. The van der Waals surface area contributed by atoms with Gasteiger partial charge in [-0.05, 0) is 17.7 Å². The van der Waals surface area contributed by atoms with Crippen molar-refractivity contribution >= 4 is 17.1 Å². The van der Waals surface area contributed by atoms with Crippen LogP contribution in [0.15, 0.2) is 47.1 Å². The molecule has 3 rings (SSSR count). The zero-order valence-corrected chi connectivity index (χ0v) is 11.8. The molecule has 5 nitrogen and oxygen atoms in total. The number of fused-ring (bicyclic) bond motifs is 1. The van der Waals surface area contributed by atoms with Gasteiger partial charge in [0.25, 0.3) is 0 Å². The molecule has 0 aliphatic carbocycles. The van der Waals surface area contributed by atoms with Gasteiger partial charge < -0.3 is 18.5 Å². The molecule has 0 saturated heterocycles. The van der Waals surface area contributed by atoms with Gasteiger partial charge in [-0.3, -0.25) is 0 Å². The molecule has 2 aromatic heterocycles. The zero-order chi connectivity index (χ0) is 14.8. The van der Waals surface area contributed by atoms with Gasteiger partial charge in [0.15, 0.2) is 5.58 Å². The normalized spacial score (nSPS) is 10.8. The van der Waals surface area contributed by atoms with Crippen LogP contribution in [-0.2, 0) is 11.3 Å². The number of ether oxygens (including phenoxy) is 2. The van der Waals surface area contributed by atoms with Crippen LogP contribution in [0.3, 0.4) is 0 Å². The van der Waals surface area contributed by atoms with Crippen LogP contribution in [0.4, 0.5) is 0 Å². The van der Waals surface area contributed by atoms with Crippen LogP contribution in [-0.4, -0.2) is 24.8 Å². The first-order chi connectivity index (χ1) is 10.2. The van der Waals surface area contributed by atoms with E-state index in [1.54, 1.807) is 19.4 Å². The van der Waals surface area contributed by atoms with E-state index in [2.05, 4.69) is 0 Å². The van der Waals surface area contributed by atoms with Crippen molar-refractivity contribution in [1.29, 1.82) is 0 Å². The summed E-state index contributed by atoms with van der Waals surface area (Å²) in [5.41, 5.74) is 3.02. The molecule has 0 aliphatic heterocycles. The summed E-state index contributed by atoms with van der Waals surface area (Å²) in [6.07, 6.45) is 1.60. The minimum atomic E-state index is -0.385. The van der Waals surface area contributed by atoms with Crippen LogP contribution in [0.2, 0.25) is 0 Å². The van der Waals surface area contributed by atoms with Gasteiger partial charge in [-0.15, -0.1) is 0 Å². The minimum absolute atomic E-state index is 0.385. The van der Waals surface area contributed by atoms with Crippen LogP contribution in [0.1, 0.15) is 16.1 Å². The molecule has 0 bridgehead atoms. The van der Waals surface area contributed by atoms with Gasteiger partial charge in [0.05, 0.1) is 26.0 Å². The van der Waals surface area contributed by atoms with Crippen LogP contribution in [0.25, 0.3) is 11.1 Å². The third-order valence-corrected chi connectivity index (χ3v) is 3.39. The molecular formula is C16H15NO4. The Morgan fingerprint density at radius 3 is 2.86 bits per heavy atom. The maximum Gasteiger partial charge on any atom is 0.354 e. The lowest BCUT2D eigenvalue weighted by atomic mass is 10.2. The first kappa shape index (κ1) is 13.3. The lowest BCUT2D eigenvalue weighted by Gasteiger charge is -2.10. The first-order valence-corrected chi connectivity index (χ1v) is 6.51. The Morgan fingerprint density at radius 2 is 2.10 bits per heavy atom. The molecule has 0 fully saturated rings. The monoisotopic (exact) mass is 285 g/mol. The average Bonchev–Trinajstić information content (AvgIpc) is 3.09. The fourth-order valence-corrected chi connectivity index (χ4v) is 2.37. The van der Waals surface area contributed by atoms with E-state index in [1.165, 1.54) is 7.11 Å². The van der Waals surface area contributed by atoms with Gasteiger partial charge in [0.1, 0.15) is 11.4 Å². The lowest BCUT2D eigenvalue weighted by molar-refractivity contribution is 0.0589. The first-order valence-electron chi connectivity index (χ1n) is 6.51. The highest BCUT2D eigenvalue weighted by Gasteiger charge is 2.18. The molecule has 0 N–H and O–H groups in total. The molecular weight excluding hydrogens is 270 g/mol. The molecule has 1 aromatic carbocycles. The van der Waals surface area contributed by atoms with Crippen LogP contribution in [0, 0.1) is 0 Å². The summed E-state index contributed by atoms with van der Waals surface area (Å²) in [6, 6.07) is 11.3. The standard InChI is InChI=1S/C16H15NO4/c1-19-12-5-3-4-11(8-12)10-17-13-6-7-21-15(13)9-14(17)16(18)20-2/h3-9H,10H2,1-2H3. The highest BCUT2D eigenvalue weighted by atomic mass is 16.5. The highest BCUT2D eigenvalue weighted by molar-refractivity contribution is 5.94. The molecule has 3 aromatic rings. The van der Waals surface area contributed by atoms with Gasteiger partial charge in [0, 0.05) is 18.7 Å². The number of hydrogen-bond acceptors (Lipinski definition) is 4. The average molecular weight is 285 g/mol. The predicted octanol–water partition coefficient (Wildman–Crippen LogP) is 3.08. The number of furan rings is 1. The van der Waals surface area contributed by atoms with Crippen molar-refractivity contribution in [3.8, 4) is 5.75 Å². The number of carbonyl (C=O) groups is 1. The van der Waals surface area contributed by atoms with Crippen molar-refractivity contribution in [1.82, 2.24) is 4.57 Å². The number of rotatable bonds is 4. The molecule has 0 saturated carbocycles. The molecule has 0 amide bonds. The van der Waals surface area contributed by atoms with Gasteiger partial charge in [-0.1, -0.05) is 12.1 Å². The Bertz CT molecular complexity index is 785. The number of esters is 1. The van der Waals surface area contributed by atoms with Gasteiger partial charge in [-0.2, -0.15) is 0 Å². The van der Waals surface area contributed by atoms with Crippen molar-refractivity contribution in [2.45, 2.75) is 6.54 Å². The van der Waals surface area contributed by atoms with E-state index < -0.39 is 0 Å². The maximum absolute atomic E-state index is 11.9. The zero-order valence-electron chi connectivity index (χ0n) is 11.8. The molecule has 0 spiro atoms. The summed E-state index contributed by atoms with van der Waals surface area (Å²) >= 11 is 0. The van der Waals surface area contributed by atoms with Gasteiger partial charge in [0.2, 0.25) is 0 Å². The molecule has 21 heavy (non-hydrogen) atoms. The van der Waals surface area contributed by atoms with E-state index in [1.807, 2.05) is 34.9 Å². The van der Waals surface area contributed by atoms with Crippen LogP contribution in [0.5, 0.6) is 5.75 Å². The fourth-order valence-electron chi connectivity index (χ4n) is 2.37.